The predicted molar refractivity (Wildman–Crippen MR) is 87.6 cm³/mol. The molecular formula is C16H15N5O4. The van der Waals surface area contributed by atoms with Crippen LogP contribution in [0, 0.1) is 0 Å². The second kappa shape index (κ2) is 6.29. The molecule has 9 nitrogen and oxygen atoms in total. The quantitative estimate of drug-likeness (QED) is 0.393. The van der Waals surface area contributed by atoms with E-state index in [9.17, 15) is 14.4 Å². The van der Waals surface area contributed by atoms with Crippen LogP contribution in [0.2, 0.25) is 0 Å². The third kappa shape index (κ3) is 2.92. The van der Waals surface area contributed by atoms with E-state index in [1.165, 1.54) is 11.5 Å². The fourth-order valence-corrected chi connectivity index (χ4v) is 3.03. The predicted octanol–water partition coefficient (Wildman–Crippen LogP) is 1.78. The van der Waals surface area contributed by atoms with Crippen molar-refractivity contribution in [2.24, 2.45) is 5.11 Å². The van der Waals surface area contributed by atoms with E-state index in [4.69, 9.17) is 10.3 Å². The molecule has 1 amide bonds. The first-order valence-electron chi connectivity index (χ1n) is 7.58. The summed E-state index contributed by atoms with van der Waals surface area (Å²) in [7, 11) is 0. The topological polar surface area (TPSA) is 126 Å². The summed E-state index contributed by atoms with van der Waals surface area (Å²) in [6.45, 7) is 0.903. The maximum atomic E-state index is 13.2. The minimum Gasteiger partial charge on any atom is -0.452 e. The van der Waals surface area contributed by atoms with E-state index in [-0.39, 0.29) is 13.0 Å². The van der Waals surface area contributed by atoms with E-state index in [0.29, 0.717) is 5.52 Å². The number of amides is 1. The molecule has 1 N–H and O–H groups in total. The van der Waals surface area contributed by atoms with Gasteiger partial charge in [-0.3, -0.25) is 19.0 Å². The Kier molecular flexibility index (Phi) is 4.16. The van der Waals surface area contributed by atoms with Gasteiger partial charge in [0, 0.05) is 29.8 Å². The number of carbonyl (C=O) groups is 3. The second-order valence-corrected chi connectivity index (χ2v) is 5.81. The van der Waals surface area contributed by atoms with Crippen molar-refractivity contribution < 1.29 is 19.1 Å². The molecule has 1 aliphatic rings. The molecule has 3 rings (SSSR count). The molecule has 25 heavy (non-hydrogen) atoms. The minimum absolute atomic E-state index is 0.101. The van der Waals surface area contributed by atoms with Crippen LogP contribution in [0.3, 0.4) is 0 Å². The molecule has 1 saturated heterocycles. The van der Waals surface area contributed by atoms with Gasteiger partial charge in [-0.1, -0.05) is 23.3 Å². The van der Waals surface area contributed by atoms with Crippen LogP contribution in [0.5, 0.6) is 0 Å². The largest absolute Gasteiger partial charge is 0.452 e. The molecule has 1 aliphatic heterocycles. The van der Waals surface area contributed by atoms with Gasteiger partial charge in [-0.15, -0.1) is 0 Å². The van der Waals surface area contributed by atoms with Gasteiger partial charge >= 0.3 is 5.97 Å². The lowest BCUT2D eigenvalue weighted by Gasteiger charge is -2.26. The molecule has 2 heterocycles. The van der Waals surface area contributed by atoms with Gasteiger partial charge in [0.05, 0.1) is 12.1 Å². The van der Waals surface area contributed by atoms with Gasteiger partial charge in [0.25, 0.3) is 11.8 Å². The first kappa shape index (κ1) is 16.5. The van der Waals surface area contributed by atoms with Gasteiger partial charge in [-0.25, -0.2) is 0 Å². The normalized spacial score (nSPS) is 22.3. The van der Waals surface area contributed by atoms with Crippen LogP contribution in [-0.2, 0) is 14.3 Å². The summed E-state index contributed by atoms with van der Waals surface area (Å²) in [6.07, 6.45) is 0.392. The van der Waals surface area contributed by atoms with Crippen molar-refractivity contribution in [1.29, 1.82) is 0 Å². The highest BCUT2D eigenvalue weighted by Crippen LogP contribution is 2.28. The molecule has 1 aromatic carbocycles. The molecule has 0 radical (unpaired) electrons. The Morgan fingerprint density at radius 1 is 1.44 bits per heavy atom. The van der Waals surface area contributed by atoms with Crippen molar-refractivity contribution in [1.82, 2.24) is 9.88 Å². The number of nitrogens with zero attached hydrogens (tertiary/aromatic N) is 4. The molecule has 1 aromatic heterocycles. The molecule has 0 unspecified atom stereocenters. The maximum Gasteiger partial charge on any atom is 0.303 e. The first-order chi connectivity index (χ1) is 12.0. The summed E-state index contributed by atoms with van der Waals surface area (Å²) >= 11 is 0. The Hall–Kier alpha value is -3.32. The number of rotatable bonds is 4. The highest BCUT2D eigenvalue weighted by Gasteiger charge is 2.51. The first-order valence-corrected chi connectivity index (χ1v) is 7.58. The van der Waals surface area contributed by atoms with Crippen LogP contribution in [0.4, 0.5) is 0 Å². The number of nitrogens with one attached hydrogen (secondary N) is 1. The standard InChI is InChI=1S/C16H15N5O4/c1-10(22)25-13-8-16(9-18-20-17,19-14(13)23)15(24)21-7-6-11-4-2-3-5-12(11)21/h2-7,13H,8-9H2,1H3,(H,19,23)/t13-,16-/m0/s1. The smallest absolute Gasteiger partial charge is 0.303 e. The number of esters is 1. The third-order valence-corrected chi connectivity index (χ3v) is 4.13. The van der Waals surface area contributed by atoms with Crippen molar-refractivity contribution in [2.75, 3.05) is 6.54 Å². The molecule has 0 bridgehead atoms. The monoisotopic (exact) mass is 341 g/mol. The number of benzene rings is 1. The van der Waals surface area contributed by atoms with Gasteiger partial charge in [-0.05, 0) is 17.7 Å². The van der Waals surface area contributed by atoms with Crippen LogP contribution in [0.15, 0.2) is 41.6 Å². The number of fused-ring (bicyclic) bond motifs is 1. The van der Waals surface area contributed by atoms with Gasteiger partial charge in [0.1, 0.15) is 5.54 Å². The van der Waals surface area contributed by atoms with Crippen molar-refractivity contribution in [3.05, 3.63) is 47.0 Å². The SMILES string of the molecule is CC(=O)O[C@H]1C[C@](CN=[N+]=[N-])(C(=O)n2ccc3ccccc32)NC1=O. The van der Waals surface area contributed by atoms with Gasteiger partial charge < -0.3 is 10.1 Å². The number of para-hydroxylation sites is 1. The average molecular weight is 341 g/mol. The molecule has 0 saturated carbocycles. The van der Waals surface area contributed by atoms with E-state index in [0.717, 1.165) is 5.39 Å². The summed E-state index contributed by atoms with van der Waals surface area (Å²) in [5.74, 6) is -1.67. The maximum absolute atomic E-state index is 13.2. The summed E-state index contributed by atoms with van der Waals surface area (Å²) in [5, 5.41) is 6.89. The average Bonchev–Trinajstić information content (AvgIpc) is 3.14. The van der Waals surface area contributed by atoms with Crippen molar-refractivity contribution in [3.8, 4) is 0 Å². The highest BCUT2D eigenvalue weighted by atomic mass is 16.5. The number of aromatic nitrogens is 1. The van der Waals surface area contributed by atoms with Crippen molar-refractivity contribution in [2.45, 2.75) is 25.0 Å². The summed E-state index contributed by atoms with van der Waals surface area (Å²) in [6, 6.07) is 9.04. The van der Waals surface area contributed by atoms with Crippen molar-refractivity contribution >= 4 is 28.7 Å². The molecule has 2 aromatic rings. The lowest BCUT2D eigenvalue weighted by atomic mass is 9.95. The Balaban J connectivity index is 2.01. The summed E-state index contributed by atoms with van der Waals surface area (Å²) < 4.78 is 6.37. The molecule has 128 valence electrons. The van der Waals surface area contributed by atoms with E-state index in [2.05, 4.69) is 15.3 Å². The Morgan fingerprint density at radius 2 is 2.20 bits per heavy atom. The Labute approximate surface area is 142 Å². The van der Waals surface area contributed by atoms with E-state index in [1.54, 1.807) is 24.4 Å². The molecule has 0 spiro atoms. The van der Waals surface area contributed by atoms with Crippen LogP contribution in [0.1, 0.15) is 18.1 Å². The second-order valence-electron chi connectivity index (χ2n) is 5.81. The zero-order chi connectivity index (χ0) is 18.0. The third-order valence-electron chi connectivity index (χ3n) is 4.13. The lowest BCUT2D eigenvalue weighted by molar-refractivity contribution is -0.151. The van der Waals surface area contributed by atoms with E-state index in [1.807, 2.05) is 12.1 Å². The van der Waals surface area contributed by atoms with E-state index < -0.39 is 29.4 Å². The van der Waals surface area contributed by atoms with Crippen molar-refractivity contribution in [3.63, 3.8) is 0 Å². The lowest BCUT2D eigenvalue weighted by Crippen LogP contribution is -2.53. The Morgan fingerprint density at radius 3 is 2.92 bits per heavy atom. The number of azide groups is 1. The molecule has 0 aliphatic carbocycles. The number of carbonyl (C=O) groups excluding carboxylic acids is 3. The number of hydrogen-bond acceptors (Lipinski definition) is 5. The molecular weight excluding hydrogens is 326 g/mol. The zero-order valence-electron chi connectivity index (χ0n) is 13.4. The Bertz CT molecular complexity index is 914. The van der Waals surface area contributed by atoms with Gasteiger partial charge in [-0.2, -0.15) is 0 Å². The minimum atomic E-state index is -1.47. The fourth-order valence-electron chi connectivity index (χ4n) is 3.03. The molecule has 9 heteroatoms. The van der Waals surface area contributed by atoms with Gasteiger partial charge in [0.15, 0.2) is 6.10 Å². The number of hydrogen-bond donors (Lipinski definition) is 1. The number of ether oxygens (including phenoxy) is 1. The van der Waals surface area contributed by atoms with Crippen LogP contribution in [0.25, 0.3) is 21.3 Å². The highest BCUT2D eigenvalue weighted by molar-refractivity contribution is 6.02. The van der Waals surface area contributed by atoms with Gasteiger partial charge in [0.2, 0.25) is 0 Å². The zero-order valence-corrected chi connectivity index (χ0v) is 13.4. The molecule has 1 fully saturated rings. The van der Waals surface area contributed by atoms with Crippen LogP contribution < -0.4 is 5.32 Å². The van der Waals surface area contributed by atoms with Crippen LogP contribution in [-0.4, -0.2) is 40.5 Å². The van der Waals surface area contributed by atoms with Crippen LogP contribution >= 0.6 is 0 Å². The molecule has 2 atom stereocenters. The fraction of sp³-hybridized carbons (Fsp3) is 0.312. The summed E-state index contributed by atoms with van der Waals surface area (Å²) in [5.41, 5.74) is 7.84. The summed E-state index contributed by atoms with van der Waals surface area (Å²) in [4.78, 5) is 39.1. The van der Waals surface area contributed by atoms with E-state index >= 15 is 0 Å².